The molecule has 0 atom stereocenters. The van der Waals surface area contributed by atoms with E-state index in [0.717, 1.165) is 5.56 Å². The van der Waals surface area contributed by atoms with Gasteiger partial charge in [-0.1, -0.05) is 18.2 Å². The van der Waals surface area contributed by atoms with E-state index in [1.165, 1.54) is 13.8 Å². The van der Waals surface area contributed by atoms with E-state index in [1.54, 1.807) is 18.2 Å². The fourth-order valence-electron chi connectivity index (χ4n) is 2.01. The van der Waals surface area contributed by atoms with Crippen LogP contribution in [0, 0.1) is 0 Å². The van der Waals surface area contributed by atoms with E-state index >= 15 is 0 Å². The summed E-state index contributed by atoms with van der Waals surface area (Å²) >= 11 is 0. The highest BCUT2D eigenvalue weighted by molar-refractivity contribution is 5.79. The molecule has 0 fully saturated rings. The van der Waals surface area contributed by atoms with Gasteiger partial charge in [-0.05, 0) is 38.1 Å². The summed E-state index contributed by atoms with van der Waals surface area (Å²) in [6, 6.07) is 14.6. The van der Waals surface area contributed by atoms with Crippen LogP contribution in [0.2, 0.25) is 0 Å². The molecule has 1 N–H and O–H groups in total. The second kappa shape index (κ2) is 5.18. The van der Waals surface area contributed by atoms with Crippen LogP contribution >= 0.6 is 0 Å². The second-order valence-corrected chi connectivity index (χ2v) is 5.43. The van der Waals surface area contributed by atoms with Crippen LogP contribution in [-0.4, -0.2) is 21.7 Å². The van der Waals surface area contributed by atoms with Crippen LogP contribution in [0.15, 0.2) is 52.9 Å². The van der Waals surface area contributed by atoms with Crippen molar-refractivity contribution in [2.45, 2.75) is 19.4 Å². The van der Waals surface area contributed by atoms with Crippen molar-refractivity contribution < 1.29 is 19.1 Å². The number of ether oxygens (including phenoxy) is 1. The van der Waals surface area contributed by atoms with Gasteiger partial charge in [-0.2, -0.15) is 0 Å². The molecule has 0 radical (unpaired) electrons. The normalized spacial score (nSPS) is 11.5. The summed E-state index contributed by atoms with van der Waals surface area (Å²) in [5, 5.41) is 9.11. The number of benzene rings is 2. The van der Waals surface area contributed by atoms with Gasteiger partial charge in [0.15, 0.2) is 11.2 Å². The minimum atomic E-state index is -1.31. The molecule has 22 heavy (non-hydrogen) atoms. The number of fused-ring (bicyclic) bond motifs is 1. The molecule has 112 valence electrons. The number of carbonyl (C=O) groups is 1. The highest BCUT2D eigenvalue weighted by Gasteiger charge is 2.29. The fourth-order valence-corrected chi connectivity index (χ4v) is 2.01. The highest BCUT2D eigenvalue weighted by atomic mass is 16.5. The molecule has 3 rings (SSSR count). The standard InChI is InChI=1S/C17H15NO4/c1-17(2,16(19)20)22-12-8-9-14-13(10-12)18-15(21-14)11-6-4-3-5-7-11/h3-10H,1-2H3,(H,19,20). The zero-order valence-corrected chi connectivity index (χ0v) is 12.2. The molecule has 5 heteroatoms. The number of rotatable bonds is 4. The Hall–Kier alpha value is -2.82. The lowest BCUT2D eigenvalue weighted by atomic mass is 10.1. The number of hydrogen-bond donors (Lipinski definition) is 1. The molecule has 0 saturated heterocycles. The fraction of sp³-hybridized carbons (Fsp3) is 0.176. The average molecular weight is 297 g/mol. The molecule has 0 aliphatic rings. The van der Waals surface area contributed by atoms with Crippen LogP contribution in [0.1, 0.15) is 13.8 Å². The monoisotopic (exact) mass is 297 g/mol. The third-order valence-electron chi connectivity index (χ3n) is 3.27. The summed E-state index contributed by atoms with van der Waals surface area (Å²) in [4.78, 5) is 15.5. The molecule has 5 nitrogen and oxygen atoms in total. The van der Waals surface area contributed by atoms with Crippen LogP contribution in [0.3, 0.4) is 0 Å². The van der Waals surface area contributed by atoms with Crippen molar-refractivity contribution in [2.75, 3.05) is 0 Å². The number of aliphatic carboxylic acids is 1. The first-order chi connectivity index (χ1) is 10.5. The van der Waals surface area contributed by atoms with Gasteiger partial charge in [0.2, 0.25) is 5.89 Å². The molecule has 2 aromatic carbocycles. The quantitative estimate of drug-likeness (QED) is 0.794. The first-order valence-electron chi connectivity index (χ1n) is 6.84. The van der Waals surface area contributed by atoms with Gasteiger partial charge in [0, 0.05) is 11.6 Å². The van der Waals surface area contributed by atoms with E-state index in [1.807, 2.05) is 30.3 Å². The van der Waals surface area contributed by atoms with Crippen molar-refractivity contribution in [1.29, 1.82) is 0 Å². The minimum absolute atomic E-state index is 0.438. The Balaban J connectivity index is 1.96. The summed E-state index contributed by atoms with van der Waals surface area (Å²) in [5.41, 5.74) is 0.823. The summed E-state index contributed by atoms with van der Waals surface area (Å²) in [7, 11) is 0. The number of aromatic nitrogens is 1. The van der Waals surface area contributed by atoms with Crippen molar-refractivity contribution in [2.24, 2.45) is 0 Å². The first kappa shape index (κ1) is 14.1. The third kappa shape index (κ3) is 2.65. The van der Waals surface area contributed by atoms with E-state index in [0.29, 0.717) is 22.7 Å². The van der Waals surface area contributed by atoms with Crippen LogP contribution in [0.25, 0.3) is 22.6 Å². The number of carboxylic acid groups (broad SMARTS) is 1. The molecule has 0 spiro atoms. The molecule has 1 aromatic heterocycles. The third-order valence-corrected chi connectivity index (χ3v) is 3.27. The van der Waals surface area contributed by atoms with Gasteiger partial charge in [0.05, 0.1) is 0 Å². The van der Waals surface area contributed by atoms with E-state index in [4.69, 9.17) is 14.3 Å². The Morgan fingerprint density at radius 1 is 1.18 bits per heavy atom. The Labute approximate surface area is 127 Å². The van der Waals surface area contributed by atoms with Crippen LogP contribution in [0.5, 0.6) is 5.75 Å². The van der Waals surface area contributed by atoms with E-state index < -0.39 is 11.6 Å². The Morgan fingerprint density at radius 3 is 2.59 bits per heavy atom. The number of carboxylic acids is 1. The van der Waals surface area contributed by atoms with Crippen LogP contribution in [0.4, 0.5) is 0 Å². The van der Waals surface area contributed by atoms with Gasteiger partial charge in [0.25, 0.3) is 0 Å². The SMILES string of the molecule is CC(C)(Oc1ccc2oc(-c3ccccc3)nc2c1)C(=O)O. The maximum Gasteiger partial charge on any atom is 0.347 e. The van der Waals surface area contributed by atoms with E-state index in [-0.39, 0.29) is 0 Å². The highest BCUT2D eigenvalue weighted by Crippen LogP contribution is 2.28. The molecule has 0 amide bonds. The van der Waals surface area contributed by atoms with Crippen LogP contribution < -0.4 is 4.74 Å². The Morgan fingerprint density at radius 2 is 1.91 bits per heavy atom. The molecule has 0 bridgehead atoms. The molecule has 0 aliphatic carbocycles. The molecule has 0 unspecified atom stereocenters. The van der Waals surface area contributed by atoms with Gasteiger partial charge in [-0.15, -0.1) is 0 Å². The zero-order chi connectivity index (χ0) is 15.7. The average Bonchev–Trinajstić information content (AvgIpc) is 2.91. The predicted molar refractivity (Wildman–Crippen MR) is 81.8 cm³/mol. The zero-order valence-electron chi connectivity index (χ0n) is 12.2. The van der Waals surface area contributed by atoms with Gasteiger partial charge in [-0.25, -0.2) is 9.78 Å². The summed E-state index contributed by atoms with van der Waals surface area (Å²) < 4.78 is 11.2. The largest absolute Gasteiger partial charge is 0.478 e. The Bertz CT molecular complexity index is 821. The minimum Gasteiger partial charge on any atom is -0.478 e. The Kier molecular flexibility index (Phi) is 3.33. The number of hydrogen-bond acceptors (Lipinski definition) is 4. The molecule has 1 heterocycles. The van der Waals surface area contributed by atoms with Crippen LogP contribution in [-0.2, 0) is 4.79 Å². The molecular formula is C17H15NO4. The van der Waals surface area contributed by atoms with Crippen molar-refractivity contribution in [3.63, 3.8) is 0 Å². The lowest BCUT2D eigenvalue weighted by Gasteiger charge is -2.21. The van der Waals surface area contributed by atoms with Gasteiger partial charge >= 0.3 is 5.97 Å². The summed E-state index contributed by atoms with van der Waals surface area (Å²) in [6.07, 6.45) is 0. The van der Waals surface area contributed by atoms with Crippen molar-refractivity contribution in [3.8, 4) is 17.2 Å². The van der Waals surface area contributed by atoms with Gasteiger partial charge in [0.1, 0.15) is 11.3 Å². The number of oxazole rings is 1. The smallest absolute Gasteiger partial charge is 0.347 e. The van der Waals surface area contributed by atoms with E-state index in [9.17, 15) is 4.79 Å². The van der Waals surface area contributed by atoms with Gasteiger partial charge in [-0.3, -0.25) is 0 Å². The second-order valence-electron chi connectivity index (χ2n) is 5.43. The summed E-state index contributed by atoms with van der Waals surface area (Å²) in [5.74, 6) is -0.0734. The number of nitrogens with zero attached hydrogens (tertiary/aromatic N) is 1. The summed E-state index contributed by atoms with van der Waals surface area (Å²) in [6.45, 7) is 3.00. The lowest BCUT2D eigenvalue weighted by molar-refractivity contribution is -0.152. The van der Waals surface area contributed by atoms with Gasteiger partial charge < -0.3 is 14.3 Å². The molecule has 0 aliphatic heterocycles. The first-order valence-corrected chi connectivity index (χ1v) is 6.84. The molecule has 3 aromatic rings. The van der Waals surface area contributed by atoms with Crippen molar-refractivity contribution in [1.82, 2.24) is 4.98 Å². The van der Waals surface area contributed by atoms with E-state index in [2.05, 4.69) is 4.98 Å². The van der Waals surface area contributed by atoms with Crippen molar-refractivity contribution >= 4 is 17.1 Å². The topological polar surface area (TPSA) is 72.6 Å². The lowest BCUT2D eigenvalue weighted by Crippen LogP contribution is -2.37. The maximum absolute atomic E-state index is 11.1. The predicted octanol–water partition coefficient (Wildman–Crippen LogP) is 3.74. The molecular weight excluding hydrogens is 282 g/mol. The maximum atomic E-state index is 11.1. The van der Waals surface area contributed by atoms with Crippen molar-refractivity contribution in [3.05, 3.63) is 48.5 Å². The molecule has 0 saturated carbocycles.